The maximum Gasteiger partial charge on any atom is 0.414 e. The van der Waals surface area contributed by atoms with Crippen LogP contribution in [0.25, 0.3) is 11.3 Å². The zero-order valence-electron chi connectivity index (χ0n) is 14.8. The number of carboxylic acid groups (broad SMARTS) is 2. The SMILES string of the molecule is Cn1c(-c2ccc(Br)cc2)cnc1NCc1ccccc1F.O=C(O)C(=O)O. The summed E-state index contributed by atoms with van der Waals surface area (Å²) in [5.74, 6) is -3.15. The van der Waals surface area contributed by atoms with Crippen molar-refractivity contribution < 1.29 is 24.2 Å². The Morgan fingerprint density at radius 1 is 1.11 bits per heavy atom. The second-order valence-corrected chi connectivity index (χ2v) is 6.50. The number of anilines is 1. The van der Waals surface area contributed by atoms with E-state index in [1.807, 2.05) is 48.1 Å². The lowest BCUT2D eigenvalue weighted by Gasteiger charge is -2.09. The highest BCUT2D eigenvalue weighted by Gasteiger charge is 2.09. The van der Waals surface area contributed by atoms with E-state index in [0.29, 0.717) is 18.1 Å². The molecule has 0 aliphatic heterocycles. The maximum atomic E-state index is 13.6. The van der Waals surface area contributed by atoms with Gasteiger partial charge in [-0.2, -0.15) is 0 Å². The fraction of sp³-hybridized carbons (Fsp3) is 0.105. The van der Waals surface area contributed by atoms with Crippen molar-refractivity contribution in [3.63, 3.8) is 0 Å². The van der Waals surface area contributed by atoms with Gasteiger partial charge in [0.1, 0.15) is 5.82 Å². The molecule has 0 aliphatic carbocycles. The molecule has 3 rings (SSSR count). The number of hydrogen-bond donors (Lipinski definition) is 3. The van der Waals surface area contributed by atoms with E-state index in [4.69, 9.17) is 19.8 Å². The maximum absolute atomic E-state index is 13.6. The van der Waals surface area contributed by atoms with Gasteiger partial charge < -0.3 is 20.1 Å². The van der Waals surface area contributed by atoms with Gasteiger partial charge in [-0.05, 0) is 23.8 Å². The van der Waals surface area contributed by atoms with Crippen LogP contribution >= 0.6 is 15.9 Å². The monoisotopic (exact) mass is 449 g/mol. The van der Waals surface area contributed by atoms with Gasteiger partial charge in [-0.25, -0.2) is 19.0 Å². The van der Waals surface area contributed by atoms with Gasteiger partial charge in [0.2, 0.25) is 5.95 Å². The number of aromatic nitrogens is 2. The highest BCUT2D eigenvalue weighted by molar-refractivity contribution is 9.10. The van der Waals surface area contributed by atoms with Crippen LogP contribution in [0.1, 0.15) is 5.56 Å². The standard InChI is InChI=1S/C17H15BrFN3.C2H2O4/c1-22-16(12-6-8-14(18)9-7-12)11-21-17(22)20-10-13-4-2-3-5-15(13)19;3-1(4)2(5)6/h2-9,11H,10H2,1H3,(H,20,21);(H,3,4)(H,5,6). The average Bonchev–Trinajstić information content (AvgIpc) is 3.03. The average molecular weight is 450 g/mol. The molecular weight excluding hydrogens is 433 g/mol. The topological polar surface area (TPSA) is 104 Å². The number of carbonyl (C=O) groups is 2. The van der Waals surface area contributed by atoms with Crippen LogP contribution in [0.5, 0.6) is 0 Å². The largest absolute Gasteiger partial charge is 0.473 e. The van der Waals surface area contributed by atoms with E-state index in [1.54, 1.807) is 12.1 Å². The lowest BCUT2D eigenvalue weighted by molar-refractivity contribution is -0.159. The third kappa shape index (κ3) is 5.65. The first kappa shape index (κ1) is 21.1. The quantitative estimate of drug-likeness (QED) is 0.523. The molecule has 0 saturated heterocycles. The number of aliphatic carboxylic acids is 2. The third-order valence-electron chi connectivity index (χ3n) is 3.71. The molecule has 7 nitrogen and oxygen atoms in total. The van der Waals surface area contributed by atoms with Crippen molar-refractivity contribution in [1.82, 2.24) is 9.55 Å². The summed E-state index contributed by atoms with van der Waals surface area (Å²) in [6.45, 7) is 0.400. The predicted molar refractivity (Wildman–Crippen MR) is 105 cm³/mol. The van der Waals surface area contributed by atoms with Gasteiger partial charge in [0.05, 0.1) is 11.9 Å². The first-order valence-electron chi connectivity index (χ1n) is 8.00. The first-order chi connectivity index (χ1) is 13.3. The Morgan fingerprint density at radius 2 is 1.71 bits per heavy atom. The van der Waals surface area contributed by atoms with Gasteiger partial charge in [-0.15, -0.1) is 0 Å². The zero-order chi connectivity index (χ0) is 20.7. The molecule has 0 fully saturated rings. The van der Waals surface area contributed by atoms with Gasteiger partial charge in [0.15, 0.2) is 0 Å². The van der Waals surface area contributed by atoms with Crippen molar-refractivity contribution >= 4 is 33.8 Å². The molecule has 1 aromatic heterocycles. The summed E-state index contributed by atoms with van der Waals surface area (Å²) in [6, 6.07) is 14.8. The Labute approximate surface area is 168 Å². The summed E-state index contributed by atoms with van der Waals surface area (Å²) in [7, 11) is 1.94. The van der Waals surface area contributed by atoms with Crippen LogP contribution in [0.15, 0.2) is 59.2 Å². The fourth-order valence-corrected chi connectivity index (χ4v) is 2.54. The zero-order valence-corrected chi connectivity index (χ0v) is 16.4. The van der Waals surface area contributed by atoms with Crippen LogP contribution in [-0.2, 0) is 23.2 Å². The summed E-state index contributed by atoms with van der Waals surface area (Å²) in [5, 5.41) is 18.0. The van der Waals surface area contributed by atoms with Crippen molar-refractivity contribution in [2.45, 2.75) is 6.54 Å². The molecule has 9 heteroatoms. The van der Waals surface area contributed by atoms with Crippen LogP contribution in [0.2, 0.25) is 0 Å². The number of halogens is 2. The molecule has 0 bridgehead atoms. The molecule has 0 amide bonds. The molecule has 2 aromatic carbocycles. The molecular formula is C19H17BrFN3O4. The van der Waals surface area contributed by atoms with E-state index in [9.17, 15) is 4.39 Å². The van der Waals surface area contributed by atoms with Crippen LogP contribution < -0.4 is 5.32 Å². The number of imidazole rings is 1. The van der Waals surface area contributed by atoms with E-state index in [0.717, 1.165) is 15.7 Å². The summed E-state index contributed by atoms with van der Waals surface area (Å²) < 4.78 is 16.6. The molecule has 0 aliphatic rings. The third-order valence-corrected chi connectivity index (χ3v) is 4.23. The molecule has 0 spiro atoms. The summed E-state index contributed by atoms with van der Waals surface area (Å²) in [4.78, 5) is 22.6. The summed E-state index contributed by atoms with van der Waals surface area (Å²) >= 11 is 3.43. The number of nitrogens with zero attached hydrogens (tertiary/aromatic N) is 2. The number of benzene rings is 2. The van der Waals surface area contributed by atoms with Gasteiger partial charge in [-0.3, -0.25) is 0 Å². The second kappa shape index (κ2) is 9.65. The summed E-state index contributed by atoms with van der Waals surface area (Å²) in [6.07, 6.45) is 1.81. The minimum Gasteiger partial charge on any atom is -0.473 e. The molecule has 28 heavy (non-hydrogen) atoms. The second-order valence-electron chi connectivity index (χ2n) is 5.59. The van der Waals surface area contributed by atoms with Crippen LogP contribution in [0, 0.1) is 5.82 Å². The molecule has 1 heterocycles. The number of nitrogens with one attached hydrogen (secondary N) is 1. The molecule has 146 valence electrons. The molecule has 3 aromatic rings. The number of hydrogen-bond acceptors (Lipinski definition) is 4. The van der Waals surface area contributed by atoms with Crippen molar-refractivity contribution in [3.8, 4) is 11.3 Å². The highest BCUT2D eigenvalue weighted by Crippen LogP contribution is 2.24. The van der Waals surface area contributed by atoms with E-state index >= 15 is 0 Å². The lowest BCUT2D eigenvalue weighted by atomic mass is 10.2. The Kier molecular flexibility index (Phi) is 7.28. The van der Waals surface area contributed by atoms with Gasteiger partial charge >= 0.3 is 11.9 Å². The minimum atomic E-state index is -1.82. The lowest BCUT2D eigenvalue weighted by Crippen LogP contribution is -2.09. The van der Waals surface area contributed by atoms with Crippen LogP contribution in [-0.4, -0.2) is 31.7 Å². The molecule has 0 atom stereocenters. The molecule has 3 N–H and O–H groups in total. The Balaban J connectivity index is 0.000000409. The summed E-state index contributed by atoms with van der Waals surface area (Å²) in [5.41, 5.74) is 2.70. The van der Waals surface area contributed by atoms with Crippen molar-refractivity contribution in [1.29, 1.82) is 0 Å². The fourth-order valence-electron chi connectivity index (χ4n) is 2.28. The van der Waals surface area contributed by atoms with Gasteiger partial charge in [0, 0.05) is 23.6 Å². The number of rotatable bonds is 4. The number of carboxylic acids is 2. The van der Waals surface area contributed by atoms with E-state index < -0.39 is 11.9 Å². The van der Waals surface area contributed by atoms with E-state index in [2.05, 4.69) is 26.2 Å². The Bertz CT molecular complexity index is 962. The normalized spacial score (nSPS) is 9.96. The first-order valence-corrected chi connectivity index (χ1v) is 8.80. The van der Waals surface area contributed by atoms with Gasteiger partial charge in [-0.1, -0.05) is 46.3 Å². The Morgan fingerprint density at radius 3 is 2.29 bits per heavy atom. The van der Waals surface area contributed by atoms with Crippen molar-refractivity contribution in [3.05, 3.63) is 70.6 Å². The van der Waals surface area contributed by atoms with Crippen molar-refractivity contribution in [2.24, 2.45) is 7.05 Å². The van der Waals surface area contributed by atoms with Crippen molar-refractivity contribution in [2.75, 3.05) is 5.32 Å². The molecule has 0 unspecified atom stereocenters. The predicted octanol–water partition coefficient (Wildman–Crippen LogP) is 3.76. The smallest absolute Gasteiger partial charge is 0.414 e. The minimum absolute atomic E-state index is 0.211. The molecule has 0 saturated carbocycles. The molecule has 0 radical (unpaired) electrons. The highest BCUT2D eigenvalue weighted by atomic mass is 79.9. The Hall–Kier alpha value is -3.20. The van der Waals surface area contributed by atoms with Crippen LogP contribution in [0.4, 0.5) is 10.3 Å². The van der Waals surface area contributed by atoms with Crippen LogP contribution in [0.3, 0.4) is 0 Å². The van der Waals surface area contributed by atoms with E-state index in [1.165, 1.54) is 6.07 Å². The van der Waals surface area contributed by atoms with Gasteiger partial charge in [0.25, 0.3) is 0 Å². The van der Waals surface area contributed by atoms with E-state index in [-0.39, 0.29) is 5.82 Å².